The van der Waals surface area contributed by atoms with Gasteiger partial charge in [-0.25, -0.2) is 0 Å². The molecule has 1 N–H and O–H groups in total. The van der Waals surface area contributed by atoms with Crippen molar-refractivity contribution in [2.75, 3.05) is 0 Å². The van der Waals surface area contributed by atoms with Crippen LogP contribution in [0, 0.1) is 0 Å². The number of carbonyl (C=O) groups excluding carboxylic acids is 1. The number of para-hydroxylation sites is 1. The van der Waals surface area contributed by atoms with Crippen LogP contribution >= 0.6 is 11.8 Å². The molecule has 0 aliphatic heterocycles. The maximum Gasteiger partial charge on any atom is 0.177 e. The summed E-state index contributed by atoms with van der Waals surface area (Å²) in [5.74, 6) is 1.05. The summed E-state index contributed by atoms with van der Waals surface area (Å²) in [5.41, 5.74) is 3.06. The highest BCUT2D eigenvalue weighted by Gasteiger charge is 2.18. The summed E-state index contributed by atoms with van der Waals surface area (Å²) in [6.45, 7) is 1.98. The molecule has 0 unspecified atom stereocenters. The van der Waals surface area contributed by atoms with E-state index in [1.807, 2.05) is 55.6 Å². The molecule has 3 heteroatoms. The zero-order valence-corrected chi connectivity index (χ0v) is 12.7. The summed E-state index contributed by atoms with van der Waals surface area (Å²) in [4.78, 5) is 15.8. The maximum atomic E-state index is 12.6. The van der Waals surface area contributed by atoms with Gasteiger partial charge in [0, 0.05) is 28.4 Å². The molecule has 2 nitrogen and oxygen atoms in total. The molecule has 0 radical (unpaired) electrons. The van der Waals surface area contributed by atoms with E-state index in [0.717, 1.165) is 22.2 Å². The number of Topliss-reactive ketones (excluding diaryl/α,β-unsaturated/α-hetero) is 1. The second kappa shape index (κ2) is 6.19. The van der Waals surface area contributed by atoms with Crippen molar-refractivity contribution in [2.24, 2.45) is 0 Å². The summed E-state index contributed by atoms with van der Waals surface area (Å²) in [6, 6.07) is 18.2. The highest BCUT2D eigenvalue weighted by Crippen LogP contribution is 2.25. The van der Waals surface area contributed by atoms with E-state index in [4.69, 9.17) is 0 Å². The molecule has 1 heterocycles. The molecule has 106 valence electrons. The molecule has 0 fully saturated rings. The molecular formula is C18H17NOS. The summed E-state index contributed by atoms with van der Waals surface area (Å²) in [7, 11) is 0. The van der Waals surface area contributed by atoms with Crippen LogP contribution in [0.4, 0.5) is 0 Å². The van der Waals surface area contributed by atoms with Crippen LogP contribution in [0.3, 0.4) is 0 Å². The lowest BCUT2D eigenvalue weighted by Crippen LogP contribution is -2.13. The van der Waals surface area contributed by atoms with Gasteiger partial charge < -0.3 is 4.98 Å². The number of hydrogen-bond acceptors (Lipinski definition) is 2. The molecule has 2 aromatic carbocycles. The second-order valence-corrected chi connectivity index (χ2v) is 6.38. The summed E-state index contributed by atoms with van der Waals surface area (Å²) in [6.07, 6.45) is 1.83. The van der Waals surface area contributed by atoms with E-state index in [1.165, 1.54) is 5.56 Å². The number of carbonyl (C=O) groups is 1. The predicted octanol–water partition coefficient (Wildman–Crippen LogP) is 4.67. The van der Waals surface area contributed by atoms with Crippen LogP contribution in [0.2, 0.25) is 0 Å². The molecule has 0 bridgehead atoms. The van der Waals surface area contributed by atoms with Crippen LogP contribution in [0.1, 0.15) is 22.8 Å². The maximum absolute atomic E-state index is 12.6. The molecule has 3 aromatic rings. The number of thioether (sulfide) groups is 1. The molecule has 0 saturated heterocycles. The number of ketones is 1. The topological polar surface area (TPSA) is 32.9 Å². The third-order valence-corrected chi connectivity index (χ3v) is 4.78. The molecule has 0 saturated carbocycles. The Hall–Kier alpha value is -2.00. The van der Waals surface area contributed by atoms with Crippen molar-refractivity contribution in [1.82, 2.24) is 4.98 Å². The van der Waals surface area contributed by atoms with E-state index >= 15 is 0 Å². The Morgan fingerprint density at radius 3 is 2.62 bits per heavy atom. The van der Waals surface area contributed by atoms with Gasteiger partial charge in [-0.05, 0) is 18.6 Å². The van der Waals surface area contributed by atoms with Gasteiger partial charge in [-0.3, -0.25) is 4.79 Å². The molecule has 3 rings (SSSR count). The zero-order chi connectivity index (χ0) is 14.7. The Balaban J connectivity index is 1.72. The highest BCUT2D eigenvalue weighted by molar-refractivity contribution is 7.99. The van der Waals surface area contributed by atoms with Crippen LogP contribution in [-0.4, -0.2) is 16.0 Å². The van der Waals surface area contributed by atoms with Crippen LogP contribution in [-0.2, 0) is 5.75 Å². The number of hydrogen-bond donors (Lipinski definition) is 1. The van der Waals surface area contributed by atoms with Gasteiger partial charge in [-0.1, -0.05) is 48.5 Å². The quantitative estimate of drug-likeness (QED) is 0.694. The van der Waals surface area contributed by atoms with Crippen LogP contribution in [0.15, 0.2) is 60.8 Å². The fraction of sp³-hybridized carbons (Fsp3) is 0.167. The SMILES string of the molecule is C[C@H](SCc1ccccc1)C(=O)c1c[nH]c2ccccc12. The van der Waals surface area contributed by atoms with Crippen molar-refractivity contribution < 1.29 is 4.79 Å². The van der Waals surface area contributed by atoms with Crippen molar-refractivity contribution in [3.05, 3.63) is 71.9 Å². The van der Waals surface area contributed by atoms with E-state index < -0.39 is 0 Å². The summed E-state index contributed by atoms with van der Waals surface area (Å²) in [5, 5.41) is 0.957. The van der Waals surface area contributed by atoms with E-state index in [0.29, 0.717) is 0 Å². The van der Waals surface area contributed by atoms with Gasteiger partial charge >= 0.3 is 0 Å². The Morgan fingerprint density at radius 1 is 1.10 bits per heavy atom. The van der Waals surface area contributed by atoms with Crippen LogP contribution < -0.4 is 0 Å². The van der Waals surface area contributed by atoms with Crippen molar-refractivity contribution in [1.29, 1.82) is 0 Å². The average Bonchev–Trinajstić information content (AvgIpc) is 2.97. The minimum Gasteiger partial charge on any atom is -0.360 e. The van der Waals surface area contributed by atoms with Gasteiger partial charge in [-0.15, -0.1) is 11.8 Å². The first kappa shape index (κ1) is 14.0. The third kappa shape index (κ3) is 3.03. The van der Waals surface area contributed by atoms with E-state index in [1.54, 1.807) is 11.8 Å². The molecule has 1 atom stereocenters. The molecule has 1 aromatic heterocycles. The van der Waals surface area contributed by atoms with E-state index in [-0.39, 0.29) is 11.0 Å². The van der Waals surface area contributed by atoms with Gasteiger partial charge in [0.1, 0.15) is 0 Å². The lowest BCUT2D eigenvalue weighted by atomic mass is 10.1. The van der Waals surface area contributed by atoms with Crippen molar-refractivity contribution in [2.45, 2.75) is 17.9 Å². The number of nitrogens with one attached hydrogen (secondary N) is 1. The number of fused-ring (bicyclic) bond motifs is 1. The number of H-pyrrole nitrogens is 1. The van der Waals surface area contributed by atoms with Gasteiger partial charge in [0.25, 0.3) is 0 Å². The van der Waals surface area contributed by atoms with E-state index in [9.17, 15) is 4.79 Å². The fourth-order valence-electron chi connectivity index (χ4n) is 2.37. The highest BCUT2D eigenvalue weighted by atomic mass is 32.2. The second-order valence-electron chi connectivity index (χ2n) is 5.05. The number of aromatic nitrogens is 1. The van der Waals surface area contributed by atoms with Crippen LogP contribution in [0.5, 0.6) is 0 Å². The summed E-state index contributed by atoms with van der Waals surface area (Å²) < 4.78 is 0. The fourth-order valence-corrected chi connectivity index (χ4v) is 3.28. The largest absolute Gasteiger partial charge is 0.360 e. The minimum absolute atomic E-state index is 0.0515. The first-order chi connectivity index (χ1) is 10.3. The van der Waals surface area contributed by atoms with Crippen LogP contribution in [0.25, 0.3) is 10.9 Å². The monoisotopic (exact) mass is 295 g/mol. The Kier molecular flexibility index (Phi) is 4.11. The Labute approximate surface area is 128 Å². The number of benzene rings is 2. The predicted molar refractivity (Wildman–Crippen MR) is 89.8 cm³/mol. The van der Waals surface area contributed by atoms with Gasteiger partial charge in [0.15, 0.2) is 5.78 Å². The molecule has 0 aliphatic rings. The van der Waals surface area contributed by atoms with Crippen molar-refractivity contribution in [3.63, 3.8) is 0 Å². The molecular weight excluding hydrogens is 278 g/mol. The van der Waals surface area contributed by atoms with Crippen molar-refractivity contribution in [3.8, 4) is 0 Å². The summed E-state index contributed by atoms with van der Waals surface area (Å²) >= 11 is 1.68. The molecule has 0 amide bonds. The average molecular weight is 295 g/mol. The third-order valence-electron chi connectivity index (χ3n) is 3.57. The number of aromatic amines is 1. The Bertz CT molecular complexity index is 748. The lowest BCUT2D eigenvalue weighted by Gasteiger charge is -2.09. The Morgan fingerprint density at radius 2 is 1.81 bits per heavy atom. The van der Waals surface area contributed by atoms with E-state index in [2.05, 4.69) is 17.1 Å². The standard InChI is InChI=1S/C18H17NOS/c1-13(21-12-14-7-3-2-4-8-14)18(20)16-11-19-17-10-6-5-9-15(16)17/h2-11,13,19H,12H2,1H3/t13-/m0/s1. The van der Waals surface area contributed by atoms with Gasteiger partial charge in [0.2, 0.25) is 0 Å². The lowest BCUT2D eigenvalue weighted by molar-refractivity contribution is 0.0995. The molecule has 21 heavy (non-hydrogen) atoms. The minimum atomic E-state index is -0.0515. The first-order valence-electron chi connectivity index (χ1n) is 7.01. The first-order valence-corrected chi connectivity index (χ1v) is 8.06. The van der Waals surface area contributed by atoms with Gasteiger partial charge in [-0.2, -0.15) is 0 Å². The molecule has 0 spiro atoms. The normalized spacial score (nSPS) is 12.4. The number of rotatable bonds is 5. The van der Waals surface area contributed by atoms with Gasteiger partial charge in [0.05, 0.1) is 5.25 Å². The zero-order valence-electron chi connectivity index (χ0n) is 11.9. The van der Waals surface area contributed by atoms with Crippen molar-refractivity contribution >= 4 is 28.4 Å². The molecule has 0 aliphatic carbocycles. The smallest absolute Gasteiger partial charge is 0.177 e.